The molecule has 5 heteroatoms. The highest BCUT2D eigenvalue weighted by molar-refractivity contribution is 7.91. The Kier molecular flexibility index (Phi) is 4.44. The fraction of sp³-hybridized carbons (Fsp3) is 1.00. The number of nitrogens with one attached hydrogen (secondary N) is 1. The molecule has 0 aromatic carbocycles. The van der Waals surface area contributed by atoms with Crippen LogP contribution in [0.2, 0.25) is 0 Å². The predicted octanol–water partition coefficient (Wildman–Crippen LogP) is 0.495. The zero-order valence-electron chi connectivity index (χ0n) is 10.7. The van der Waals surface area contributed by atoms with E-state index in [1.54, 1.807) is 0 Å². The van der Waals surface area contributed by atoms with E-state index in [1.165, 1.54) is 19.3 Å². The van der Waals surface area contributed by atoms with Gasteiger partial charge in [0.05, 0.1) is 11.5 Å². The Balaban J connectivity index is 1.86. The second-order valence-corrected chi connectivity index (χ2v) is 7.70. The van der Waals surface area contributed by atoms with Crippen LogP contribution >= 0.6 is 0 Å². The molecule has 100 valence electrons. The molecule has 2 fully saturated rings. The summed E-state index contributed by atoms with van der Waals surface area (Å²) in [5.74, 6) is 1.44. The SMILES string of the molecule is CNC1CCCC1CN1CCCS(=O)(=O)CC1. The van der Waals surface area contributed by atoms with Crippen molar-refractivity contribution in [3.63, 3.8) is 0 Å². The molecule has 0 radical (unpaired) electrons. The Bertz CT molecular complexity index is 342. The van der Waals surface area contributed by atoms with E-state index in [0.717, 1.165) is 26.1 Å². The summed E-state index contributed by atoms with van der Waals surface area (Å²) in [6, 6.07) is 0.634. The molecular formula is C12H24N2O2S. The van der Waals surface area contributed by atoms with E-state index in [9.17, 15) is 8.42 Å². The molecule has 1 aliphatic carbocycles. The van der Waals surface area contributed by atoms with E-state index in [-0.39, 0.29) is 0 Å². The molecule has 1 aliphatic heterocycles. The van der Waals surface area contributed by atoms with Gasteiger partial charge in [-0.1, -0.05) is 6.42 Å². The molecule has 0 spiro atoms. The average molecular weight is 260 g/mol. The number of hydrogen-bond donors (Lipinski definition) is 1. The fourth-order valence-electron chi connectivity index (χ4n) is 3.14. The highest BCUT2D eigenvalue weighted by Crippen LogP contribution is 2.26. The minimum absolute atomic E-state index is 0.351. The minimum Gasteiger partial charge on any atom is -0.317 e. The van der Waals surface area contributed by atoms with E-state index >= 15 is 0 Å². The summed E-state index contributed by atoms with van der Waals surface area (Å²) >= 11 is 0. The Morgan fingerprint density at radius 1 is 1.18 bits per heavy atom. The quantitative estimate of drug-likeness (QED) is 0.802. The molecule has 1 heterocycles. The number of sulfone groups is 1. The molecule has 0 aromatic heterocycles. The zero-order chi connectivity index (χ0) is 12.3. The summed E-state index contributed by atoms with van der Waals surface area (Å²) in [6.45, 7) is 2.75. The molecule has 1 saturated carbocycles. The molecule has 1 N–H and O–H groups in total. The second kappa shape index (κ2) is 5.67. The van der Waals surface area contributed by atoms with E-state index in [2.05, 4.69) is 10.2 Å². The van der Waals surface area contributed by atoms with Gasteiger partial charge in [-0.05, 0) is 38.8 Å². The van der Waals surface area contributed by atoms with Crippen LogP contribution in [0.25, 0.3) is 0 Å². The largest absolute Gasteiger partial charge is 0.317 e. The Morgan fingerprint density at radius 2 is 2.00 bits per heavy atom. The molecule has 4 nitrogen and oxygen atoms in total. The van der Waals surface area contributed by atoms with E-state index in [1.807, 2.05) is 7.05 Å². The van der Waals surface area contributed by atoms with Crippen molar-refractivity contribution in [2.24, 2.45) is 5.92 Å². The number of rotatable bonds is 3. The van der Waals surface area contributed by atoms with Crippen molar-refractivity contribution < 1.29 is 8.42 Å². The van der Waals surface area contributed by atoms with Gasteiger partial charge in [-0.25, -0.2) is 8.42 Å². The normalized spacial score (nSPS) is 34.6. The van der Waals surface area contributed by atoms with Crippen LogP contribution < -0.4 is 5.32 Å². The van der Waals surface area contributed by atoms with Gasteiger partial charge in [0.25, 0.3) is 0 Å². The Morgan fingerprint density at radius 3 is 2.76 bits per heavy atom. The molecule has 2 atom stereocenters. The lowest BCUT2D eigenvalue weighted by molar-refractivity contribution is 0.229. The van der Waals surface area contributed by atoms with E-state index in [0.29, 0.717) is 23.5 Å². The van der Waals surface area contributed by atoms with Gasteiger partial charge in [0, 0.05) is 19.1 Å². The Labute approximate surface area is 105 Å². The van der Waals surface area contributed by atoms with Gasteiger partial charge < -0.3 is 10.2 Å². The van der Waals surface area contributed by atoms with Gasteiger partial charge in [-0.15, -0.1) is 0 Å². The van der Waals surface area contributed by atoms with Gasteiger partial charge in [-0.2, -0.15) is 0 Å². The van der Waals surface area contributed by atoms with Crippen LogP contribution in [-0.4, -0.2) is 57.5 Å². The van der Waals surface area contributed by atoms with Crippen molar-refractivity contribution in [1.29, 1.82) is 0 Å². The van der Waals surface area contributed by atoms with Crippen LogP contribution in [0.15, 0.2) is 0 Å². The topological polar surface area (TPSA) is 49.4 Å². The molecule has 2 unspecified atom stereocenters. The summed E-state index contributed by atoms with van der Waals surface area (Å²) < 4.78 is 23.1. The standard InChI is InChI=1S/C12H24N2O2S/c1-13-12-5-2-4-11(12)10-14-6-3-8-17(15,16)9-7-14/h11-13H,2-10H2,1H3. The maximum atomic E-state index is 11.5. The molecule has 0 bridgehead atoms. The zero-order valence-corrected chi connectivity index (χ0v) is 11.5. The summed E-state index contributed by atoms with van der Waals surface area (Å²) in [4.78, 5) is 2.35. The van der Waals surface area contributed by atoms with Crippen molar-refractivity contribution >= 4 is 9.84 Å². The monoisotopic (exact) mass is 260 g/mol. The lowest BCUT2D eigenvalue weighted by atomic mass is 10.0. The van der Waals surface area contributed by atoms with Crippen LogP contribution in [0.1, 0.15) is 25.7 Å². The third-order valence-corrected chi connectivity index (χ3v) is 5.89. The number of hydrogen-bond acceptors (Lipinski definition) is 4. The molecular weight excluding hydrogens is 236 g/mol. The summed E-state index contributed by atoms with van der Waals surface area (Å²) in [5, 5.41) is 3.39. The van der Waals surface area contributed by atoms with Crippen molar-refractivity contribution in [2.75, 3.05) is 38.2 Å². The van der Waals surface area contributed by atoms with Gasteiger partial charge in [0.15, 0.2) is 9.84 Å². The lowest BCUT2D eigenvalue weighted by Crippen LogP contribution is -2.39. The summed E-state index contributed by atoms with van der Waals surface area (Å²) in [7, 11) is -0.725. The maximum absolute atomic E-state index is 11.5. The third kappa shape index (κ3) is 3.66. The van der Waals surface area contributed by atoms with Crippen LogP contribution in [0.5, 0.6) is 0 Å². The van der Waals surface area contributed by atoms with Gasteiger partial charge in [0.1, 0.15) is 0 Å². The third-order valence-electron chi connectivity index (χ3n) is 4.17. The van der Waals surface area contributed by atoms with Crippen molar-refractivity contribution in [3.8, 4) is 0 Å². The van der Waals surface area contributed by atoms with E-state index in [4.69, 9.17) is 0 Å². The first-order valence-electron chi connectivity index (χ1n) is 6.71. The lowest BCUT2D eigenvalue weighted by Gasteiger charge is -2.27. The molecule has 1 saturated heterocycles. The summed E-state index contributed by atoms with van der Waals surface area (Å²) in [5.41, 5.74) is 0. The van der Waals surface area contributed by atoms with Gasteiger partial charge >= 0.3 is 0 Å². The highest BCUT2D eigenvalue weighted by Gasteiger charge is 2.28. The molecule has 0 aromatic rings. The summed E-state index contributed by atoms with van der Waals surface area (Å²) in [6.07, 6.45) is 4.67. The average Bonchev–Trinajstić information content (AvgIpc) is 2.65. The van der Waals surface area contributed by atoms with E-state index < -0.39 is 9.84 Å². The van der Waals surface area contributed by atoms with Crippen LogP contribution in [-0.2, 0) is 9.84 Å². The first-order chi connectivity index (χ1) is 8.11. The van der Waals surface area contributed by atoms with Crippen LogP contribution in [0.3, 0.4) is 0 Å². The number of nitrogens with zero attached hydrogens (tertiary/aromatic N) is 1. The van der Waals surface area contributed by atoms with Gasteiger partial charge in [-0.3, -0.25) is 0 Å². The first kappa shape index (κ1) is 13.3. The van der Waals surface area contributed by atoms with Crippen molar-refractivity contribution in [3.05, 3.63) is 0 Å². The maximum Gasteiger partial charge on any atom is 0.151 e. The molecule has 2 rings (SSSR count). The molecule has 17 heavy (non-hydrogen) atoms. The molecule has 2 aliphatic rings. The van der Waals surface area contributed by atoms with Crippen molar-refractivity contribution in [1.82, 2.24) is 10.2 Å². The predicted molar refractivity (Wildman–Crippen MR) is 69.9 cm³/mol. The fourth-order valence-corrected chi connectivity index (χ4v) is 4.45. The minimum atomic E-state index is -2.76. The first-order valence-corrected chi connectivity index (χ1v) is 8.53. The highest BCUT2D eigenvalue weighted by atomic mass is 32.2. The molecule has 0 amide bonds. The second-order valence-electron chi connectivity index (χ2n) is 5.39. The van der Waals surface area contributed by atoms with Gasteiger partial charge in [0.2, 0.25) is 0 Å². The Hall–Kier alpha value is -0.130. The van der Waals surface area contributed by atoms with Crippen LogP contribution in [0.4, 0.5) is 0 Å². The van der Waals surface area contributed by atoms with Crippen molar-refractivity contribution in [2.45, 2.75) is 31.7 Å². The van der Waals surface area contributed by atoms with Crippen LogP contribution in [0, 0.1) is 5.92 Å². The smallest absolute Gasteiger partial charge is 0.151 e.